The molecule has 2 unspecified atom stereocenters. The van der Waals surface area contributed by atoms with Gasteiger partial charge in [-0.3, -0.25) is 9.59 Å². The number of carboxylic acid groups (broad SMARTS) is 1. The number of aliphatic carboxylic acids is 1. The first-order valence-corrected chi connectivity index (χ1v) is 6.29. The lowest BCUT2D eigenvalue weighted by Crippen LogP contribution is -2.39. The molecule has 5 heteroatoms. The summed E-state index contributed by atoms with van der Waals surface area (Å²) in [5.41, 5.74) is 0. The summed E-state index contributed by atoms with van der Waals surface area (Å²) in [4.78, 5) is 22.3. The van der Waals surface area contributed by atoms with Crippen molar-refractivity contribution in [3.8, 4) is 12.3 Å². The molecule has 18 heavy (non-hydrogen) atoms. The summed E-state index contributed by atoms with van der Waals surface area (Å²) in [7, 11) is 0. The van der Waals surface area contributed by atoms with Gasteiger partial charge in [-0.25, -0.2) is 0 Å². The maximum Gasteiger partial charge on any atom is 0.306 e. The fourth-order valence-electron chi connectivity index (χ4n) is 2.36. The second-order valence-corrected chi connectivity index (χ2v) is 4.60. The summed E-state index contributed by atoms with van der Waals surface area (Å²) in [6.45, 7) is 0.979. The lowest BCUT2D eigenvalue weighted by molar-refractivity contribution is -0.144. The van der Waals surface area contributed by atoms with Crippen LogP contribution in [0.2, 0.25) is 0 Å². The van der Waals surface area contributed by atoms with Crippen LogP contribution in [0.4, 0.5) is 0 Å². The number of nitrogens with one attached hydrogen (secondary N) is 2. The second kappa shape index (κ2) is 7.72. The van der Waals surface area contributed by atoms with Crippen molar-refractivity contribution >= 4 is 11.9 Å². The number of rotatable bonds is 6. The monoisotopic (exact) mass is 252 g/mol. The zero-order valence-electron chi connectivity index (χ0n) is 10.4. The highest BCUT2D eigenvalue weighted by Gasteiger charge is 2.30. The molecule has 1 fully saturated rings. The Morgan fingerprint density at radius 3 is 2.72 bits per heavy atom. The Kier molecular flexibility index (Phi) is 6.23. The van der Waals surface area contributed by atoms with Gasteiger partial charge in [0.2, 0.25) is 5.91 Å². The van der Waals surface area contributed by atoms with E-state index in [-0.39, 0.29) is 30.8 Å². The maximum atomic E-state index is 11.3. The standard InChI is InChI=1S/C13H20N2O3/c1-2-7-15-12(16)9-14-8-10-5-3-4-6-11(10)13(17)18/h1,10-11,14H,3-9H2,(H,15,16)(H,17,18). The van der Waals surface area contributed by atoms with Gasteiger partial charge in [0.25, 0.3) is 0 Å². The number of carboxylic acids is 1. The second-order valence-electron chi connectivity index (χ2n) is 4.60. The van der Waals surface area contributed by atoms with E-state index in [2.05, 4.69) is 16.6 Å². The van der Waals surface area contributed by atoms with Gasteiger partial charge in [-0.05, 0) is 25.3 Å². The van der Waals surface area contributed by atoms with Crippen LogP contribution < -0.4 is 10.6 Å². The minimum absolute atomic E-state index is 0.122. The van der Waals surface area contributed by atoms with Gasteiger partial charge in [0.15, 0.2) is 0 Å². The van der Waals surface area contributed by atoms with Gasteiger partial charge in [-0.2, -0.15) is 0 Å². The minimum Gasteiger partial charge on any atom is -0.481 e. The lowest BCUT2D eigenvalue weighted by Gasteiger charge is -2.28. The zero-order valence-corrected chi connectivity index (χ0v) is 10.4. The third-order valence-electron chi connectivity index (χ3n) is 3.31. The molecule has 0 radical (unpaired) electrons. The van der Waals surface area contributed by atoms with Crippen LogP contribution in [0.25, 0.3) is 0 Å². The molecule has 1 aliphatic rings. The Hall–Kier alpha value is -1.54. The van der Waals surface area contributed by atoms with Gasteiger partial charge in [0, 0.05) is 0 Å². The maximum absolute atomic E-state index is 11.3. The van der Waals surface area contributed by atoms with Crippen LogP contribution in [-0.2, 0) is 9.59 Å². The molecule has 0 aromatic carbocycles. The normalized spacial score (nSPS) is 23.1. The van der Waals surface area contributed by atoms with Gasteiger partial charge >= 0.3 is 5.97 Å². The molecule has 1 amide bonds. The lowest BCUT2D eigenvalue weighted by atomic mass is 9.79. The van der Waals surface area contributed by atoms with E-state index >= 15 is 0 Å². The number of hydrogen-bond donors (Lipinski definition) is 3. The molecule has 1 aliphatic carbocycles. The van der Waals surface area contributed by atoms with Crippen LogP contribution in [0.15, 0.2) is 0 Å². The first-order valence-electron chi connectivity index (χ1n) is 6.29. The van der Waals surface area contributed by atoms with Gasteiger partial charge in [0.1, 0.15) is 0 Å². The smallest absolute Gasteiger partial charge is 0.306 e. The highest BCUT2D eigenvalue weighted by molar-refractivity contribution is 5.78. The van der Waals surface area contributed by atoms with E-state index in [0.717, 1.165) is 25.7 Å². The number of carbonyl (C=O) groups excluding carboxylic acids is 1. The molecule has 3 N–H and O–H groups in total. The molecule has 0 aromatic rings. The van der Waals surface area contributed by atoms with E-state index in [1.807, 2.05) is 0 Å². The molecule has 2 atom stereocenters. The van der Waals surface area contributed by atoms with Crippen molar-refractivity contribution in [2.45, 2.75) is 25.7 Å². The largest absolute Gasteiger partial charge is 0.481 e. The molecule has 0 saturated heterocycles. The molecule has 0 bridgehead atoms. The molecule has 0 spiro atoms. The van der Waals surface area contributed by atoms with Crippen LogP contribution in [0, 0.1) is 24.2 Å². The van der Waals surface area contributed by atoms with E-state index < -0.39 is 5.97 Å². The molecule has 1 saturated carbocycles. The quantitative estimate of drug-likeness (QED) is 0.591. The Morgan fingerprint density at radius 1 is 1.33 bits per heavy atom. The first kappa shape index (κ1) is 14.5. The fourth-order valence-corrected chi connectivity index (χ4v) is 2.36. The minimum atomic E-state index is -0.724. The van der Waals surface area contributed by atoms with E-state index in [0.29, 0.717) is 6.54 Å². The fraction of sp³-hybridized carbons (Fsp3) is 0.692. The molecular formula is C13H20N2O3. The van der Waals surface area contributed by atoms with Crippen LogP contribution in [0.1, 0.15) is 25.7 Å². The SMILES string of the molecule is C#CCNC(=O)CNCC1CCCCC1C(=O)O. The molecule has 0 aliphatic heterocycles. The van der Waals surface area contributed by atoms with E-state index in [4.69, 9.17) is 11.5 Å². The third kappa shape index (κ3) is 4.76. The van der Waals surface area contributed by atoms with Crippen LogP contribution in [-0.4, -0.2) is 36.6 Å². The average Bonchev–Trinajstić information content (AvgIpc) is 2.36. The Balaban J connectivity index is 2.26. The van der Waals surface area contributed by atoms with Crippen LogP contribution in [0.5, 0.6) is 0 Å². The van der Waals surface area contributed by atoms with E-state index in [9.17, 15) is 9.59 Å². The average molecular weight is 252 g/mol. The predicted octanol–water partition coefficient (Wildman–Crippen LogP) is 0.216. The molecule has 5 nitrogen and oxygen atoms in total. The van der Waals surface area contributed by atoms with Crippen molar-refractivity contribution in [2.24, 2.45) is 11.8 Å². The first-order chi connectivity index (χ1) is 8.65. The van der Waals surface area contributed by atoms with Crippen LogP contribution in [0.3, 0.4) is 0 Å². The number of carbonyl (C=O) groups is 2. The molecule has 100 valence electrons. The van der Waals surface area contributed by atoms with E-state index in [1.54, 1.807) is 0 Å². The Bertz CT molecular complexity index is 336. The third-order valence-corrected chi connectivity index (χ3v) is 3.31. The van der Waals surface area contributed by atoms with E-state index in [1.165, 1.54) is 0 Å². The summed E-state index contributed by atoms with van der Waals surface area (Å²) in [5.74, 6) is 1.29. The highest BCUT2D eigenvalue weighted by atomic mass is 16.4. The summed E-state index contributed by atoms with van der Waals surface area (Å²) in [5, 5.41) is 14.7. The molecule has 1 rings (SSSR count). The zero-order chi connectivity index (χ0) is 13.4. The Labute approximate surface area is 107 Å². The predicted molar refractivity (Wildman–Crippen MR) is 67.8 cm³/mol. The van der Waals surface area contributed by atoms with Gasteiger partial charge in [-0.15, -0.1) is 6.42 Å². The summed E-state index contributed by atoms with van der Waals surface area (Å²) >= 11 is 0. The van der Waals surface area contributed by atoms with Crippen LogP contribution >= 0.6 is 0 Å². The van der Waals surface area contributed by atoms with Crippen molar-refractivity contribution in [3.63, 3.8) is 0 Å². The van der Waals surface area contributed by atoms with Crippen molar-refractivity contribution in [1.82, 2.24) is 10.6 Å². The highest BCUT2D eigenvalue weighted by Crippen LogP contribution is 2.29. The van der Waals surface area contributed by atoms with Gasteiger partial charge in [-0.1, -0.05) is 18.8 Å². The molecular weight excluding hydrogens is 232 g/mol. The number of amides is 1. The van der Waals surface area contributed by atoms with Crippen molar-refractivity contribution < 1.29 is 14.7 Å². The number of terminal acetylenes is 1. The topological polar surface area (TPSA) is 78.4 Å². The summed E-state index contributed by atoms with van der Waals surface area (Å²) in [6, 6.07) is 0. The Morgan fingerprint density at radius 2 is 2.06 bits per heavy atom. The van der Waals surface area contributed by atoms with Gasteiger partial charge in [0.05, 0.1) is 19.0 Å². The van der Waals surface area contributed by atoms with Crippen molar-refractivity contribution in [1.29, 1.82) is 0 Å². The van der Waals surface area contributed by atoms with Gasteiger partial charge < -0.3 is 15.7 Å². The van der Waals surface area contributed by atoms with Crippen molar-refractivity contribution in [2.75, 3.05) is 19.6 Å². The number of hydrogen-bond acceptors (Lipinski definition) is 3. The summed E-state index contributed by atoms with van der Waals surface area (Å²) in [6.07, 6.45) is 8.73. The molecule has 0 aromatic heterocycles. The van der Waals surface area contributed by atoms with Crippen molar-refractivity contribution in [3.05, 3.63) is 0 Å². The summed E-state index contributed by atoms with van der Waals surface area (Å²) < 4.78 is 0. The molecule has 0 heterocycles.